The third-order valence-corrected chi connectivity index (χ3v) is 2.32. The third kappa shape index (κ3) is 6.45. The van der Waals surface area contributed by atoms with Crippen LogP contribution in [0.25, 0.3) is 0 Å². The quantitative estimate of drug-likeness (QED) is 0.573. The summed E-state index contributed by atoms with van der Waals surface area (Å²) in [7, 11) is 0. The highest BCUT2D eigenvalue weighted by atomic mass is 16.5. The highest BCUT2D eigenvalue weighted by molar-refractivity contribution is 4.66. The van der Waals surface area contributed by atoms with E-state index in [0.29, 0.717) is 12.7 Å². The summed E-state index contributed by atoms with van der Waals surface area (Å²) in [4.78, 5) is 0. The molecule has 1 rings (SSSR count). The van der Waals surface area contributed by atoms with E-state index >= 15 is 0 Å². The average Bonchev–Trinajstić information content (AvgIpc) is 2.75. The van der Waals surface area contributed by atoms with Crippen molar-refractivity contribution >= 4 is 0 Å². The Hall–Kier alpha value is -0.630. The van der Waals surface area contributed by atoms with Crippen molar-refractivity contribution in [3.05, 3.63) is 0 Å². The van der Waals surface area contributed by atoms with Gasteiger partial charge in [-0.15, -0.1) is 0 Å². The summed E-state index contributed by atoms with van der Waals surface area (Å²) in [6.07, 6.45) is 4.55. The minimum atomic E-state index is 0.191. The Morgan fingerprint density at radius 1 is 1.27 bits per heavy atom. The molecule has 0 aromatic heterocycles. The average molecular weight is 213 g/mol. The first kappa shape index (κ1) is 12.4. The summed E-state index contributed by atoms with van der Waals surface area (Å²) in [5, 5.41) is 8.21. The number of nitriles is 1. The van der Waals surface area contributed by atoms with Crippen LogP contribution in [0, 0.1) is 11.3 Å². The Balaban J connectivity index is 1.75. The number of nitrogens with zero attached hydrogens (tertiary/aromatic N) is 1. The van der Waals surface area contributed by atoms with E-state index in [0.717, 1.165) is 45.5 Å². The normalized spacial score (nSPS) is 20.3. The van der Waals surface area contributed by atoms with Crippen molar-refractivity contribution in [2.75, 3.05) is 33.0 Å². The highest BCUT2D eigenvalue weighted by Gasteiger charge is 2.14. The maximum atomic E-state index is 8.21. The second kappa shape index (κ2) is 8.66. The van der Waals surface area contributed by atoms with Crippen LogP contribution in [0.5, 0.6) is 0 Å². The van der Waals surface area contributed by atoms with E-state index in [1.54, 1.807) is 0 Å². The molecule has 1 heterocycles. The van der Waals surface area contributed by atoms with Crippen LogP contribution < -0.4 is 0 Å². The first-order valence-electron chi connectivity index (χ1n) is 5.57. The first-order chi connectivity index (χ1) is 7.43. The molecule has 4 heteroatoms. The van der Waals surface area contributed by atoms with Gasteiger partial charge >= 0.3 is 0 Å². The molecular formula is C11H19NO3. The Kier molecular flexibility index (Phi) is 7.18. The number of ether oxygens (including phenoxy) is 3. The molecule has 0 saturated carbocycles. The van der Waals surface area contributed by atoms with Crippen molar-refractivity contribution in [3.8, 4) is 6.07 Å². The third-order valence-electron chi connectivity index (χ3n) is 2.32. The van der Waals surface area contributed by atoms with Crippen LogP contribution >= 0.6 is 0 Å². The number of hydrogen-bond acceptors (Lipinski definition) is 4. The van der Waals surface area contributed by atoms with Gasteiger partial charge in [0.15, 0.2) is 0 Å². The molecule has 1 unspecified atom stereocenters. The maximum absolute atomic E-state index is 8.21. The molecule has 0 aliphatic carbocycles. The highest BCUT2D eigenvalue weighted by Crippen LogP contribution is 2.11. The topological polar surface area (TPSA) is 51.5 Å². The molecule has 1 aliphatic rings. The van der Waals surface area contributed by atoms with Gasteiger partial charge in [0.1, 0.15) is 6.61 Å². The van der Waals surface area contributed by atoms with Crippen molar-refractivity contribution < 1.29 is 14.2 Å². The van der Waals surface area contributed by atoms with Crippen LogP contribution in [0.4, 0.5) is 0 Å². The lowest BCUT2D eigenvalue weighted by Crippen LogP contribution is -2.14. The van der Waals surface area contributed by atoms with Gasteiger partial charge in [0.2, 0.25) is 0 Å². The SMILES string of the molecule is N#CCOCCCCOCC1CCCO1. The van der Waals surface area contributed by atoms with Crippen molar-refractivity contribution in [1.29, 1.82) is 5.26 Å². The van der Waals surface area contributed by atoms with Gasteiger partial charge in [-0.3, -0.25) is 0 Å². The fraction of sp³-hybridized carbons (Fsp3) is 0.909. The van der Waals surface area contributed by atoms with Crippen LogP contribution in [0.3, 0.4) is 0 Å². The van der Waals surface area contributed by atoms with Crippen LogP contribution in [-0.4, -0.2) is 39.1 Å². The summed E-state index contributed by atoms with van der Waals surface area (Å²) >= 11 is 0. The molecule has 0 aromatic rings. The van der Waals surface area contributed by atoms with Crippen molar-refractivity contribution in [2.24, 2.45) is 0 Å². The molecule has 0 radical (unpaired) electrons. The van der Waals surface area contributed by atoms with Crippen molar-refractivity contribution in [3.63, 3.8) is 0 Å². The zero-order valence-electron chi connectivity index (χ0n) is 9.11. The molecule has 0 aromatic carbocycles. The minimum Gasteiger partial charge on any atom is -0.379 e. The summed E-state index contributed by atoms with van der Waals surface area (Å²) in [6.45, 7) is 3.21. The second-order valence-electron chi connectivity index (χ2n) is 3.63. The van der Waals surface area contributed by atoms with Gasteiger partial charge in [-0.05, 0) is 25.7 Å². The molecule has 0 amide bonds. The van der Waals surface area contributed by atoms with E-state index in [2.05, 4.69) is 0 Å². The molecule has 15 heavy (non-hydrogen) atoms. The van der Waals surface area contributed by atoms with Gasteiger partial charge in [0, 0.05) is 19.8 Å². The predicted octanol–water partition coefficient (Wildman–Crippen LogP) is 1.50. The van der Waals surface area contributed by atoms with Gasteiger partial charge < -0.3 is 14.2 Å². The summed E-state index contributed by atoms with van der Waals surface area (Å²) in [5.74, 6) is 0. The van der Waals surface area contributed by atoms with Gasteiger partial charge in [0.05, 0.1) is 18.8 Å². The molecule has 4 nitrogen and oxygen atoms in total. The molecule has 0 spiro atoms. The molecule has 0 N–H and O–H groups in total. The van der Waals surface area contributed by atoms with Crippen LogP contribution in [0.15, 0.2) is 0 Å². The van der Waals surface area contributed by atoms with Gasteiger partial charge in [-0.1, -0.05) is 0 Å². The Morgan fingerprint density at radius 2 is 2.07 bits per heavy atom. The Bertz CT molecular complexity index is 185. The molecule has 1 aliphatic heterocycles. The zero-order chi connectivity index (χ0) is 10.8. The Morgan fingerprint density at radius 3 is 2.73 bits per heavy atom. The molecule has 0 bridgehead atoms. The van der Waals surface area contributed by atoms with Crippen LogP contribution in [-0.2, 0) is 14.2 Å². The largest absolute Gasteiger partial charge is 0.379 e. The fourth-order valence-corrected chi connectivity index (χ4v) is 1.52. The lowest BCUT2D eigenvalue weighted by atomic mass is 10.2. The maximum Gasteiger partial charge on any atom is 0.133 e. The number of hydrogen-bond donors (Lipinski definition) is 0. The minimum absolute atomic E-state index is 0.191. The van der Waals surface area contributed by atoms with E-state index in [-0.39, 0.29) is 6.61 Å². The summed E-state index contributed by atoms with van der Waals surface area (Å²) < 4.78 is 15.9. The van der Waals surface area contributed by atoms with Gasteiger partial charge in [-0.25, -0.2) is 0 Å². The molecule has 1 fully saturated rings. The number of unbranched alkanes of at least 4 members (excludes halogenated alkanes) is 1. The molecule has 1 atom stereocenters. The first-order valence-corrected chi connectivity index (χ1v) is 5.57. The molecule has 1 saturated heterocycles. The van der Waals surface area contributed by atoms with Crippen LogP contribution in [0.2, 0.25) is 0 Å². The monoisotopic (exact) mass is 213 g/mol. The van der Waals surface area contributed by atoms with E-state index in [4.69, 9.17) is 19.5 Å². The van der Waals surface area contributed by atoms with Crippen molar-refractivity contribution in [1.82, 2.24) is 0 Å². The molecular weight excluding hydrogens is 194 g/mol. The molecule has 86 valence electrons. The summed E-state index contributed by atoms with van der Waals surface area (Å²) in [6, 6.07) is 1.94. The fourth-order valence-electron chi connectivity index (χ4n) is 1.52. The predicted molar refractivity (Wildman–Crippen MR) is 55.5 cm³/mol. The van der Waals surface area contributed by atoms with Crippen molar-refractivity contribution in [2.45, 2.75) is 31.8 Å². The smallest absolute Gasteiger partial charge is 0.133 e. The van der Waals surface area contributed by atoms with Gasteiger partial charge in [-0.2, -0.15) is 5.26 Å². The van der Waals surface area contributed by atoms with E-state index in [1.807, 2.05) is 6.07 Å². The number of rotatable bonds is 8. The van der Waals surface area contributed by atoms with E-state index in [1.165, 1.54) is 0 Å². The van der Waals surface area contributed by atoms with Crippen LogP contribution in [0.1, 0.15) is 25.7 Å². The lowest BCUT2D eigenvalue weighted by Gasteiger charge is -2.09. The standard InChI is InChI=1S/C11H19NO3/c12-5-9-13-6-1-2-7-14-10-11-4-3-8-15-11/h11H,1-4,6-10H2. The summed E-state index contributed by atoms with van der Waals surface area (Å²) in [5.41, 5.74) is 0. The lowest BCUT2D eigenvalue weighted by molar-refractivity contribution is 0.0146. The van der Waals surface area contributed by atoms with E-state index < -0.39 is 0 Å². The Labute approximate surface area is 91.1 Å². The van der Waals surface area contributed by atoms with Gasteiger partial charge in [0.25, 0.3) is 0 Å². The zero-order valence-corrected chi connectivity index (χ0v) is 9.11. The second-order valence-corrected chi connectivity index (χ2v) is 3.63. The van der Waals surface area contributed by atoms with E-state index in [9.17, 15) is 0 Å².